The van der Waals surface area contributed by atoms with E-state index in [2.05, 4.69) is 58.7 Å². The highest BCUT2D eigenvalue weighted by Crippen LogP contribution is 2.28. The summed E-state index contributed by atoms with van der Waals surface area (Å²) in [6.45, 7) is 2.16. The van der Waals surface area contributed by atoms with E-state index in [4.69, 9.17) is 0 Å². The lowest BCUT2D eigenvalue weighted by Crippen LogP contribution is -2.28. The van der Waals surface area contributed by atoms with Crippen LogP contribution in [0.5, 0.6) is 0 Å². The number of para-hydroxylation sites is 1. The predicted molar refractivity (Wildman–Crippen MR) is 81.8 cm³/mol. The van der Waals surface area contributed by atoms with Gasteiger partial charge >= 0.3 is 0 Å². The Kier molecular flexibility index (Phi) is 3.41. The van der Waals surface area contributed by atoms with E-state index in [9.17, 15) is 0 Å². The van der Waals surface area contributed by atoms with E-state index < -0.39 is 0 Å². The number of hydrogen-bond donors (Lipinski definition) is 1. The Morgan fingerprint density at radius 3 is 2.63 bits per heavy atom. The van der Waals surface area contributed by atoms with Crippen LogP contribution in [0.1, 0.15) is 17.5 Å². The molecule has 0 saturated heterocycles. The van der Waals surface area contributed by atoms with Gasteiger partial charge in [0.1, 0.15) is 0 Å². The zero-order chi connectivity index (χ0) is 13.1. The standard InChI is InChI=1S/C17H20N2/c1-18-16-10-8-14(9-11-16)13-19-12-4-6-15-5-2-3-7-17(15)19/h2-3,5,7-11,18H,4,6,12-13H2,1H3. The molecule has 1 aliphatic heterocycles. The molecule has 2 nitrogen and oxygen atoms in total. The number of rotatable bonds is 3. The highest BCUT2D eigenvalue weighted by Gasteiger charge is 2.15. The monoisotopic (exact) mass is 252 g/mol. The lowest BCUT2D eigenvalue weighted by molar-refractivity contribution is 0.691. The lowest BCUT2D eigenvalue weighted by Gasteiger charge is -2.31. The number of nitrogens with one attached hydrogen (secondary N) is 1. The van der Waals surface area contributed by atoms with Crippen LogP contribution < -0.4 is 10.2 Å². The van der Waals surface area contributed by atoms with Crippen molar-refractivity contribution in [2.24, 2.45) is 0 Å². The summed E-state index contributed by atoms with van der Waals surface area (Å²) in [5, 5.41) is 3.16. The van der Waals surface area contributed by atoms with Crippen molar-refractivity contribution >= 4 is 11.4 Å². The first kappa shape index (κ1) is 12.1. The molecule has 0 unspecified atom stereocenters. The van der Waals surface area contributed by atoms with Crippen molar-refractivity contribution < 1.29 is 0 Å². The molecule has 2 aromatic rings. The first-order valence-electron chi connectivity index (χ1n) is 6.96. The third-order valence-electron chi connectivity index (χ3n) is 3.82. The van der Waals surface area contributed by atoms with Gasteiger partial charge in [-0.25, -0.2) is 0 Å². The Hall–Kier alpha value is -1.96. The molecule has 2 heteroatoms. The van der Waals surface area contributed by atoms with Crippen LogP contribution in [0.15, 0.2) is 48.5 Å². The van der Waals surface area contributed by atoms with Crippen LogP contribution >= 0.6 is 0 Å². The molecule has 0 amide bonds. The van der Waals surface area contributed by atoms with E-state index in [1.807, 2.05) is 7.05 Å². The van der Waals surface area contributed by atoms with Gasteiger partial charge in [-0.2, -0.15) is 0 Å². The van der Waals surface area contributed by atoms with Gasteiger partial charge in [0.05, 0.1) is 0 Å². The van der Waals surface area contributed by atoms with E-state index in [-0.39, 0.29) is 0 Å². The molecule has 3 rings (SSSR count). The molecule has 1 N–H and O–H groups in total. The highest BCUT2D eigenvalue weighted by molar-refractivity contribution is 5.56. The Morgan fingerprint density at radius 1 is 1.05 bits per heavy atom. The van der Waals surface area contributed by atoms with Crippen LogP contribution in [0, 0.1) is 0 Å². The summed E-state index contributed by atoms with van der Waals surface area (Å²) in [7, 11) is 1.95. The van der Waals surface area contributed by atoms with Gasteiger partial charge in [0.15, 0.2) is 0 Å². The van der Waals surface area contributed by atoms with Crippen molar-refractivity contribution in [1.82, 2.24) is 0 Å². The minimum Gasteiger partial charge on any atom is -0.388 e. The van der Waals surface area contributed by atoms with Gasteiger partial charge in [-0.15, -0.1) is 0 Å². The third-order valence-corrected chi connectivity index (χ3v) is 3.82. The second kappa shape index (κ2) is 5.35. The van der Waals surface area contributed by atoms with Crippen molar-refractivity contribution in [3.63, 3.8) is 0 Å². The molecule has 0 radical (unpaired) electrons. The Bertz CT molecular complexity index is 545. The first-order valence-corrected chi connectivity index (χ1v) is 6.96. The second-order valence-electron chi connectivity index (χ2n) is 5.10. The average molecular weight is 252 g/mol. The van der Waals surface area contributed by atoms with E-state index in [0.29, 0.717) is 0 Å². The molecule has 0 aliphatic carbocycles. The quantitative estimate of drug-likeness (QED) is 0.896. The molecule has 0 atom stereocenters. The summed E-state index contributed by atoms with van der Waals surface area (Å²) in [5.41, 5.74) is 5.44. The molecule has 1 heterocycles. The van der Waals surface area contributed by atoms with E-state index >= 15 is 0 Å². The summed E-state index contributed by atoms with van der Waals surface area (Å²) >= 11 is 0. The zero-order valence-electron chi connectivity index (χ0n) is 11.4. The van der Waals surface area contributed by atoms with E-state index in [1.54, 1.807) is 0 Å². The normalized spacial score (nSPS) is 14.1. The van der Waals surface area contributed by atoms with Gasteiger partial charge in [-0.3, -0.25) is 0 Å². The van der Waals surface area contributed by atoms with Crippen LogP contribution in [-0.2, 0) is 13.0 Å². The fourth-order valence-electron chi connectivity index (χ4n) is 2.77. The van der Waals surface area contributed by atoms with Gasteiger partial charge in [0.2, 0.25) is 0 Å². The van der Waals surface area contributed by atoms with Crippen molar-refractivity contribution in [1.29, 1.82) is 0 Å². The van der Waals surface area contributed by atoms with E-state index in [1.165, 1.54) is 35.3 Å². The number of benzene rings is 2. The Labute approximate surface area is 115 Å². The van der Waals surface area contributed by atoms with Gasteiger partial charge in [0, 0.05) is 31.5 Å². The molecule has 1 aliphatic rings. The Balaban J connectivity index is 1.80. The summed E-state index contributed by atoms with van der Waals surface area (Å²) < 4.78 is 0. The lowest BCUT2D eigenvalue weighted by atomic mass is 10.0. The summed E-state index contributed by atoms with van der Waals surface area (Å²) in [5.74, 6) is 0. The molecule has 98 valence electrons. The van der Waals surface area contributed by atoms with Crippen LogP contribution in [0.4, 0.5) is 11.4 Å². The molecular weight excluding hydrogens is 232 g/mol. The van der Waals surface area contributed by atoms with E-state index in [0.717, 1.165) is 13.1 Å². The molecule has 0 bridgehead atoms. The summed E-state index contributed by atoms with van der Waals surface area (Å²) in [6, 6.07) is 17.5. The summed E-state index contributed by atoms with van der Waals surface area (Å²) in [6.07, 6.45) is 2.47. The zero-order valence-corrected chi connectivity index (χ0v) is 11.4. The van der Waals surface area contributed by atoms with Crippen molar-refractivity contribution in [2.45, 2.75) is 19.4 Å². The van der Waals surface area contributed by atoms with Crippen LogP contribution in [-0.4, -0.2) is 13.6 Å². The second-order valence-corrected chi connectivity index (χ2v) is 5.10. The van der Waals surface area contributed by atoms with Crippen LogP contribution in [0.3, 0.4) is 0 Å². The maximum Gasteiger partial charge on any atom is 0.0429 e. The van der Waals surface area contributed by atoms with Gasteiger partial charge in [-0.1, -0.05) is 30.3 Å². The first-order chi connectivity index (χ1) is 9.36. The number of nitrogens with zero attached hydrogens (tertiary/aromatic N) is 1. The SMILES string of the molecule is CNc1ccc(CN2CCCc3ccccc32)cc1. The van der Waals surface area contributed by atoms with Crippen LogP contribution in [0.2, 0.25) is 0 Å². The largest absolute Gasteiger partial charge is 0.388 e. The minimum atomic E-state index is 1.00. The van der Waals surface area contributed by atoms with Crippen molar-refractivity contribution in [3.8, 4) is 0 Å². The maximum atomic E-state index is 3.16. The smallest absolute Gasteiger partial charge is 0.0429 e. The predicted octanol–water partition coefficient (Wildman–Crippen LogP) is 3.68. The number of hydrogen-bond acceptors (Lipinski definition) is 2. The van der Waals surface area contributed by atoms with Crippen LogP contribution in [0.25, 0.3) is 0 Å². The molecule has 0 aromatic heterocycles. The van der Waals surface area contributed by atoms with Gasteiger partial charge in [0.25, 0.3) is 0 Å². The van der Waals surface area contributed by atoms with Gasteiger partial charge < -0.3 is 10.2 Å². The molecular formula is C17H20N2. The maximum absolute atomic E-state index is 3.16. The fourth-order valence-corrected chi connectivity index (χ4v) is 2.77. The van der Waals surface area contributed by atoms with Crippen molar-refractivity contribution in [2.75, 3.05) is 23.8 Å². The Morgan fingerprint density at radius 2 is 1.84 bits per heavy atom. The topological polar surface area (TPSA) is 15.3 Å². The molecule has 0 spiro atoms. The number of anilines is 2. The number of aryl methyl sites for hydroxylation is 1. The van der Waals surface area contributed by atoms with Crippen molar-refractivity contribution in [3.05, 3.63) is 59.7 Å². The fraction of sp³-hybridized carbons (Fsp3) is 0.294. The number of fused-ring (bicyclic) bond motifs is 1. The van der Waals surface area contributed by atoms with Gasteiger partial charge in [-0.05, 0) is 42.2 Å². The molecule has 19 heavy (non-hydrogen) atoms. The third kappa shape index (κ3) is 2.58. The summed E-state index contributed by atoms with van der Waals surface area (Å²) in [4.78, 5) is 2.49. The molecule has 0 fully saturated rings. The molecule has 2 aromatic carbocycles. The average Bonchev–Trinajstić information content (AvgIpc) is 2.48. The minimum absolute atomic E-state index is 1.00. The highest BCUT2D eigenvalue weighted by atomic mass is 15.1. The molecule has 0 saturated carbocycles.